The molecule has 2 aliphatic heterocycles. The Kier molecular flexibility index (Phi) is 7.52. The smallest absolute Gasteiger partial charge is 0.306 e. The van der Waals surface area contributed by atoms with Crippen molar-refractivity contribution in [2.75, 3.05) is 19.7 Å². The molecule has 1 amide bonds. The van der Waals surface area contributed by atoms with Crippen molar-refractivity contribution in [3.05, 3.63) is 29.8 Å². The maximum absolute atomic E-state index is 12.6. The fraction of sp³-hybridized carbons (Fsp3) is 0.636. The van der Waals surface area contributed by atoms with Crippen LogP contribution in [-0.4, -0.2) is 61.3 Å². The number of aryl methyl sites for hydroxylation is 1. The second-order valence-corrected chi connectivity index (χ2v) is 10.3. The highest BCUT2D eigenvalue weighted by Crippen LogP contribution is 2.23. The Morgan fingerprint density at radius 2 is 1.60 bits per heavy atom. The number of piperidine rings is 1. The summed E-state index contributed by atoms with van der Waals surface area (Å²) < 4.78 is 31.8. The van der Waals surface area contributed by atoms with Crippen molar-refractivity contribution >= 4 is 21.9 Å². The number of ether oxygens (including phenoxy) is 1. The van der Waals surface area contributed by atoms with Gasteiger partial charge in [-0.15, -0.1) is 0 Å². The fourth-order valence-corrected chi connectivity index (χ4v) is 5.87. The first kappa shape index (κ1) is 22.7. The van der Waals surface area contributed by atoms with Crippen LogP contribution in [0.4, 0.5) is 0 Å². The van der Waals surface area contributed by atoms with Crippen LogP contribution >= 0.6 is 0 Å². The first-order chi connectivity index (χ1) is 14.3. The van der Waals surface area contributed by atoms with E-state index in [1.54, 1.807) is 24.3 Å². The highest BCUT2D eigenvalue weighted by Gasteiger charge is 2.29. The fourth-order valence-electron chi connectivity index (χ4n) is 4.35. The molecule has 2 unspecified atom stereocenters. The molecule has 166 valence electrons. The van der Waals surface area contributed by atoms with Crippen molar-refractivity contribution in [3.63, 3.8) is 0 Å². The lowest BCUT2D eigenvalue weighted by Crippen LogP contribution is -2.49. The van der Waals surface area contributed by atoms with Crippen molar-refractivity contribution in [2.45, 2.75) is 75.8 Å². The van der Waals surface area contributed by atoms with E-state index in [0.717, 1.165) is 37.7 Å². The predicted octanol–water partition coefficient (Wildman–Crippen LogP) is 2.74. The molecule has 0 bridgehead atoms. The third-order valence-electron chi connectivity index (χ3n) is 6.08. The second-order valence-electron chi connectivity index (χ2n) is 8.35. The third-order valence-corrected chi connectivity index (χ3v) is 7.99. The van der Waals surface area contributed by atoms with Crippen LogP contribution in [0.5, 0.6) is 0 Å². The van der Waals surface area contributed by atoms with E-state index in [1.165, 1.54) is 4.31 Å². The van der Waals surface area contributed by atoms with Gasteiger partial charge in [-0.05, 0) is 70.1 Å². The number of likely N-dealkylation sites (tertiary alicyclic amines) is 1. The summed E-state index contributed by atoms with van der Waals surface area (Å²) in [6, 6.07) is 7.01. The molecule has 1 aromatic rings. The number of nitrogens with zero attached hydrogens (tertiary/aromatic N) is 2. The van der Waals surface area contributed by atoms with E-state index in [-0.39, 0.29) is 35.9 Å². The number of hydrogen-bond donors (Lipinski definition) is 0. The monoisotopic (exact) mass is 436 g/mol. The molecule has 2 saturated heterocycles. The molecule has 2 atom stereocenters. The molecule has 30 heavy (non-hydrogen) atoms. The molecular formula is C22H32N2O5S. The van der Waals surface area contributed by atoms with Gasteiger partial charge in [0.2, 0.25) is 10.0 Å². The predicted molar refractivity (Wildman–Crippen MR) is 113 cm³/mol. The van der Waals surface area contributed by atoms with E-state index in [2.05, 4.69) is 0 Å². The molecule has 0 radical (unpaired) electrons. The Labute approximate surface area is 179 Å². The molecule has 2 fully saturated rings. The molecule has 2 heterocycles. The maximum atomic E-state index is 12.6. The molecule has 0 spiro atoms. The van der Waals surface area contributed by atoms with Gasteiger partial charge >= 0.3 is 5.97 Å². The minimum Gasteiger partial charge on any atom is -0.456 e. The van der Waals surface area contributed by atoms with Gasteiger partial charge in [-0.1, -0.05) is 12.1 Å². The van der Waals surface area contributed by atoms with Gasteiger partial charge in [0.25, 0.3) is 5.91 Å². The SMILES string of the molecule is CC1CCCC(C)N1C(=O)COC(=O)CCc1ccc(S(=O)(=O)N2CCCC2)cc1. The quantitative estimate of drug-likeness (QED) is 0.614. The highest BCUT2D eigenvalue weighted by atomic mass is 32.2. The zero-order valence-corrected chi connectivity index (χ0v) is 18.7. The molecule has 3 rings (SSSR count). The summed E-state index contributed by atoms with van der Waals surface area (Å²) in [5.41, 5.74) is 0.858. The van der Waals surface area contributed by atoms with Gasteiger partial charge in [-0.2, -0.15) is 4.31 Å². The summed E-state index contributed by atoms with van der Waals surface area (Å²) in [4.78, 5) is 26.6. The average molecular weight is 437 g/mol. The van der Waals surface area contributed by atoms with Crippen molar-refractivity contribution < 1.29 is 22.7 Å². The van der Waals surface area contributed by atoms with Crippen molar-refractivity contribution in [3.8, 4) is 0 Å². The van der Waals surface area contributed by atoms with Crippen LogP contribution in [-0.2, 0) is 30.8 Å². The van der Waals surface area contributed by atoms with Crippen LogP contribution in [0.1, 0.15) is 57.9 Å². The van der Waals surface area contributed by atoms with Crippen LogP contribution in [0, 0.1) is 0 Å². The standard InChI is InChI=1S/C22H32N2O5S/c1-17-6-5-7-18(2)24(17)21(25)16-29-22(26)13-10-19-8-11-20(12-9-19)30(27,28)23-14-3-4-15-23/h8-9,11-12,17-18H,3-7,10,13-16H2,1-2H3. The Morgan fingerprint density at radius 1 is 1.00 bits per heavy atom. The van der Waals surface area contributed by atoms with E-state index in [0.29, 0.717) is 19.5 Å². The molecule has 0 saturated carbocycles. The van der Waals surface area contributed by atoms with Crippen LogP contribution in [0.2, 0.25) is 0 Å². The van der Waals surface area contributed by atoms with Crippen LogP contribution < -0.4 is 0 Å². The normalized spacial score (nSPS) is 22.8. The largest absolute Gasteiger partial charge is 0.456 e. The summed E-state index contributed by atoms with van der Waals surface area (Å²) in [7, 11) is -3.43. The number of amides is 1. The summed E-state index contributed by atoms with van der Waals surface area (Å²) in [5.74, 6) is -0.561. The molecule has 2 aliphatic rings. The summed E-state index contributed by atoms with van der Waals surface area (Å²) in [5, 5.41) is 0. The van der Waals surface area contributed by atoms with Gasteiger partial charge in [0.05, 0.1) is 4.90 Å². The lowest BCUT2D eigenvalue weighted by Gasteiger charge is -2.38. The Hall–Kier alpha value is -1.93. The zero-order chi connectivity index (χ0) is 21.7. The number of sulfonamides is 1. The van der Waals surface area contributed by atoms with Crippen molar-refractivity contribution in [1.82, 2.24) is 9.21 Å². The average Bonchev–Trinajstić information content (AvgIpc) is 3.27. The molecule has 1 aromatic carbocycles. The van der Waals surface area contributed by atoms with E-state index in [1.807, 2.05) is 18.7 Å². The Balaban J connectivity index is 1.46. The van der Waals surface area contributed by atoms with Crippen LogP contribution in [0.25, 0.3) is 0 Å². The van der Waals surface area contributed by atoms with Gasteiger partial charge < -0.3 is 9.64 Å². The van der Waals surface area contributed by atoms with Gasteiger partial charge in [0.15, 0.2) is 6.61 Å². The van der Waals surface area contributed by atoms with E-state index in [9.17, 15) is 18.0 Å². The van der Waals surface area contributed by atoms with E-state index >= 15 is 0 Å². The number of carbonyl (C=O) groups is 2. The number of hydrogen-bond acceptors (Lipinski definition) is 5. The zero-order valence-electron chi connectivity index (χ0n) is 17.9. The summed E-state index contributed by atoms with van der Waals surface area (Å²) in [6.07, 6.45) is 5.46. The number of carbonyl (C=O) groups excluding carboxylic acids is 2. The van der Waals surface area contributed by atoms with E-state index < -0.39 is 16.0 Å². The number of rotatable bonds is 7. The number of esters is 1. The van der Waals surface area contributed by atoms with Crippen LogP contribution in [0.3, 0.4) is 0 Å². The summed E-state index contributed by atoms with van der Waals surface area (Å²) >= 11 is 0. The van der Waals surface area contributed by atoms with Gasteiger partial charge in [0, 0.05) is 31.6 Å². The molecular weight excluding hydrogens is 404 g/mol. The number of benzene rings is 1. The maximum Gasteiger partial charge on any atom is 0.306 e. The van der Waals surface area contributed by atoms with Crippen molar-refractivity contribution in [2.24, 2.45) is 0 Å². The van der Waals surface area contributed by atoms with E-state index in [4.69, 9.17) is 4.74 Å². The van der Waals surface area contributed by atoms with Crippen LogP contribution in [0.15, 0.2) is 29.2 Å². The Morgan fingerprint density at radius 3 is 2.20 bits per heavy atom. The molecule has 0 aliphatic carbocycles. The van der Waals surface area contributed by atoms with Gasteiger partial charge in [0.1, 0.15) is 0 Å². The van der Waals surface area contributed by atoms with Gasteiger partial charge in [-0.3, -0.25) is 9.59 Å². The topological polar surface area (TPSA) is 84.0 Å². The summed E-state index contributed by atoms with van der Waals surface area (Å²) in [6.45, 7) is 4.99. The molecule has 8 heteroatoms. The second kappa shape index (κ2) is 9.92. The lowest BCUT2D eigenvalue weighted by atomic mass is 9.97. The van der Waals surface area contributed by atoms with Gasteiger partial charge in [-0.25, -0.2) is 8.42 Å². The minimum absolute atomic E-state index is 0.139. The minimum atomic E-state index is -3.43. The first-order valence-corrected chi connectivity index (χ1v) is 12.3. The molecule has 0 aromatic heterocycles. The first-order valence-electron chi connectivity index (χ1n) is 10.8. The third kappa shape index (κ3) is 5.40. The lowest BCUT2D eigenvalue weighted by molar-refractivity contribution is -0.154. The molecule has 7 nitrogen and oxygen atoms in total. The van der Waals surface area contributed by atoms with Crippen molar-refractivity contribution in [1.29, 1.82) is 0 Å². The molecule has 0 N–H and O–H groups in total. The highest BCUT2D eigenvalue weighted by molar-refractivity contribution is 7.89. The Bertz CT molecular complexity index is 837.